The van der Waals surface area contributed by atoms with E-state index in [1.54, 1.807) is 31.1 Å². The molecule has 34 heavy (non-hydrogen) atoms. The Bertz CT molecular complexity index is 1050. The molecule has 0 N–H and O–H groups in total. The second-order valence-electron chi connectivity index (χ2n) is 9.88. The van der Waals surface area contributed by atoms with Gasteiger partial charge in [0.1, 0.15) is 22.7 Å². The van der Waals surface area contributed by atoms with Crippen LogP contribution in [-0.4, -0.2) is 69.6 Å². The Hall–Kier alpha value is -2.36. The van der Waals surface area contributed by atoms with E-state index < -0.39 is 5.60 Å². The van der Waals surface area contributed by atoms with Gasteiger partial charge in [-0.2, -0.15) is 5.10 Å². The maximum atomic E-state index is 12.9. The van der Waals surface area contributed by atoms with Crippen LogP contribution >= 0.6 is 11.6 Å². The topological polar surface area (TPSA) is 81.8 Å². The Morgan fingerprint density at radius 1 is 1.26 bits per heavy atom. The van der Waals surface area contributed by atoms with Gasteiger partial charge in [0.25, 0.3) is 5.56 Å². The van der Waals surface area contributed by atoms with E-state index in [0.29, 0.717) is 42.7 Å². The lowest BCUT2D eigenvalue weighted by Gasteiger charge is -2.26. The number of amides is 1. The smallest absolute Gasteiger partial charge is 0.410 e. The van der Waals surface area contributed by atoms with E-state index in [-0.39, 0.29) is 17.9 Å². The zero-order chi connectivity index (χ0) is 25.0. The van der Waals surface area contributed by atoms with Gasteiger partial charge in [-0.3, -0.25) is 4.79 Å². The van der Waals surface area contributed by atoms with E-state index in [2.05, 4.69) is 4.90 Å². The minimum absolute atomic E-state index is 0.138. The molecule has 1 amide bonds. The van der Waals surface area contributed by atoms with Crippen molar-refractivity contribution in [3.63, 3.8) is 0 Å². The first-order valence-electron chi connectivity index (χ1n) is 11.6. The normalized spacial score (nSPS) is 16.6. The van der Waals surface area contributed by atoms with E-state index in [0.717, 1.165) is 24.8 Å². The molecule has 1 saturated heterocycles. The number of halogens is 1. The second-order valence-corrected chi connectivity index (χ2v) is 10.3. The molecule has 3 rings (SSSR count). The van der Waals surface area contributed by atoms with Crippen molar-refractivity contribution in [2.45, 2.75) is 58.4 Å². The average molecular weight is 494 g/mol. The van der Waals surface area contributed by atoms with E-state index in [9.17, 15) is 9.59 Å². The van der Waals surface area contributed by atoms with Gasteiger partial charge in [-0.25, -0.2) is 9.48 Å². The third-order valence-corrected chi connectivity index (χ3v) is 6.10. The van der Waals surface area contributed by atoms with Gasteiger partial charge in [-0.15, -0.1) is 0 Å². The van der Waals surface area contributed by atoms with Gasteiger partial charge < -0.3 is 23.8 Å². The molecule has 9 nitrogen and oxygen atoms in total. The fraction of sp³-hybridized carbons (Fsp3) is 0.625. The average Bonchev–Trinajstić information content (AvgIpc) is 3.18. The second kappa shape index (κ2) is 10.9. The number of aromatic nitrogens is 3. The van der Waals surface area contributed by atoms with Gasteiger partial charge >= 0.3 is 6.09 Å². The lowest BCUT2D eigenvalue weighted by Crippen LogP contribution is -2.38. The van der Waals surface area contributed by atoms with Crippen molar-refractivity contribution < 1.29 is 14.3 Å². The van der Waals surface area contributed by atoms with Crippen LogP contribution in [0.4, 0.5) is 4.79 Å². The maximum Gasteiger partial charge on any atom is 0.410 e. The highest BCUT2D eigenvalue weighted by Crippen LogP contribution is 2.27. The minimum atomic E-state index is -0.535. The molecule has 0 aliphatic carbocycles. The molecule has 0 bridgehead atoms. The van der Waals surface area contributed by atoms with Crippen LogP contribution in [0.25, 0.3) is 11.3 Å². The van der Waals surface area contributed by atoms with Crippen molar-refractivity contribution in [3.05, 3.63) is 39.4 Å². The Morgan fingerprint density at radius 3 is 2.65 bits per heavy atom. The first-order valence-corrected chi connectivity index (χ1v) is 12.0. The monoisotopic (exact) mass is 493 g/mol. The summed E-state index contributed by atoms with van der Waals surface area (Å²) in [6.07, 6.45) is 4.48. The fourth-order valence-electron chi connectivity index (χ4n) is 3.77. The van der Waals surface area contributed by atoms with Gasteiger partial charge in [0.05, 0.1) is 5.56 Å². The van der Waals surface area contributed by atoms with Crippen LogP contribution in [0.2, 0.25) is 5.15 Å². The van der Waals surface area contributed by atoms with Crippen LogP contribution in [0.3, 0.4) is 0 Å². The Balaban J connectivity index is 1.79. The predicted octanol–water partition coefficient (Wildman–Crippen LogP) is 3.90. The molecule has 2 aromatic rings. The fourth-order valence-corrected chi connectivity index (χ4v) is 3.91. The van der Waals surface area contributed by atoms with Gasteiger partial charge in [-0.05, 0) is 59.2 Å². The molecule has 10 heteroatoms. The van der Waals surface area contributed by atoms with E-state index in [4.69, 9.17) is 26.2 Å². The number of carbonyl (C=O) groups is 1. The third-order valence-electron chi connectivity index (χ3n) is 5.72. The SMILES string of the molecule is CN(CCN(C)C(=O)OC(C)(C)C)Cc1cn(C2CCCCO2)nc1-c1ccc(Cl)n(C)c1=O. The number of pyridine rings is 1. The summed E-state index contributed by atoms with van der Waals surface area (Å²) in [7, 11) is 5.35. The Kier molecular flexibility index (Phi) is 8.43. The molecule has 1 aliphatic heterocycles. The van der Waals surface area contributed by atoms with Crippen LogP contribution in [0.5, 0.6) is 0 Å². The van der Waals surface area contributed by atoms with Gasteiger partial charge in [-0.1, -0.05) is 11.6 Å². The molecular formula is C24H36ClN5O4. The van der Waals surface area contributed by atoms with Gasteiger partial charge in [0.2, 0.25) is 0 Å². The highest BCUT2D eigenvalue weighted by atomic mass is 35.5. The zero-order valence-corrected chi connectivity index (χ0v) is 21.8. The molecule has 0 radical (unpaired) electrons. The number of likely N-dealkylation sites (N-methyl/N-ethyl adjacent to an activating group) is 2. The summed E-state index contributed by atoms with van der Waals surface area (Å²) in [4.78, 5) is 28.9. The lowest BCUT2D eigenvalue weighted by molar-refractivity contribution is -0.0394. The van der Waals surface area contributed by atoms with Crippen molar-refractivity contribution in [1.82, 2.24) is 24.1 Å². The number of rotatable bonds is 7. The number of hydrogen-bond donors (Lipinski definition) is 0. The number of nitrogens with zero attached hydrogens (tertiary/aromatic N) is 5. The van der Waals surface area contributed by atoms with Crippen LogP contribution in [0, 0.1) is 0 Å². The van der Waals surface area contributed by atoms with Crippen LogP contribution in [0.15, 0.2) is 23.1 Å². The quantitative estimate of drug-likeness (QED) is 0.544. The Labute approximate surface area is 206 Å². The first kappa shape index (κ1) is 26.2. The van der Waals surface area contributed by atoms with E-state index in [1.807, 2.05) is 38.7 Å². The molecule has 0 aromatic carbocycles. The zero-order valence-electron chi connectivity index (χ0n) is 21.0. The lowest BCUT2D eigenvalue weighted by atomic mass is 10.1. The summed E-state index contributed by atoms with van der Waals surface area (Å²) in [5.74, 6) is 0. The molecule has 0 saturated carbocycles. The molecule has 188 valence electrons. The van der Waals surface area contributed by atoms with Crippen molar-refractivity contribution >= 4 is 17.7 Å². The minimum Gasteiger partial charge on any atom is -0.444 e. The van der Waals surface area contributed by atoms with Crippen LogP contribution in [0.1, 0.15) is 51.8 Å². The molecule has 1 fully saturated rings. The summed E-state index contributed by atoms with van der Waals surface area (Å²) >= 11 is 6.13. The summed E-state index contributed by atoms with van der Waals surface area (Å²) in [6.45, 7) is 7.93. The summed E-state index contributed by atoms with van der Waals surface area (Å²) < 4.78 is 14.6. The molecule has 1 aliphatic rings. The van der Waals surface area contributed by atoms with E-state index >= 15 is 0 Å². The molecule has 2 aromatic heterocycles. The number of hydrogen-bond acceptors (Lipinski definition) is 6. The van der Waals surface area contributed by atoms with Crippen LogP contribution < -0.4 is 5.56 Å². The van der Waals surface area contributed by atoms with Crippen LogP contribution in [-0.2, 0) is 23.1 Å². The molecular weight excluding hydrogens is 458 g/mol. The van der Waals surface area contributed by atoms with Gasteiger partial charge in [0.15, 0.2) is 0 Å². The van der Waals surface area contributed by atoms with Crippen molar-refractivity contribution in [2.24, 2.45) is 7.05 Å². The highest BCUT2D eigenvalue weighted by Gasteiger charge is 2.23. The predicted molar refractivity (Wildman–Crippen MR) is 132 cm³/mol. The van der Waals surface area contributed by atoms with Crippen molar-refractivity contribution in [1.29, 1.82) is 0 Å². The maximum absolute atomic E-state index is 12.9. The largest absolute Gasteiger partial charge is 0.444 e. The first-order chi connectivity index (χ1) is 16.0. The van der Waals surface area contributed by atoms with Crippen molar-refractivity contribution in [3.8, 4) is 11.3 Å². The standard InChI is InChI=1S/C24H36ClN5O4/c1-24(2,3)34-23(32)28(5)13-12-27(4)15-17-16-30(20-9-7-8-14-33-20)26-21(17)18-10-11-19(25)29(6)22(18)31/h10-11,16,20H,7-9,12-15H2,1-6H3. The molecule has 1 atom stereocenters. The summed E-state index contributed by atoms with van der Waals surface area (Å²) in [6, 6.07) is 3.43. The highest BCUT2D eigenvalue weighted by molar-refractivity contribution is 6.29. The summed E-state index contributed by atoms with van der Waals surface area (Å²) in [5, 5.41) is 5.14. The summed E-state index contributed by atoms with van der Waals surface area (Å²) in [5.41, 5.74) is 1.30. The number of carbonyl (C=O) groups excluding carboxylic acids is 1. The Morgan fingerprint density at radius 2 is 2.00 bits per heavy atom. The van der Waals surface area contributed by atoms with E-state index in [1.165, 1.54) is 4.57 Å². The molecule has 1 unspecified atom stereocenters. The number of ether oxygens (including phenoxy) is 2. The van der Waals surface area contributed by atoms with Crippen molar-refractivity contribution in [2.75, 3.05) is 33.8 Å². The molecule has 3 heterocycles. The third kappa shape index (κ3) is 6.61. The molecule has 0 spiro atoms. The van der Waals surface area contributed by atoms with Gasteiger partial charge in [0, 0.05) is 52.1 Å².